The van der Waals surface area contributed by atoms with E-state index in [1.54, 1.807) is 24.2 Å². The van der Waals surface area contributed by atoms with Crippen LogP contribution < -0.4 is 5.32 Å². The van der Waals surface area contributed by atoms with E-state index in [4.69, 9.17) is 4.74 Å². The fraction of sp³-hybridized carbons (Fsp3) is 0.556. The normalized spacial score (nSPS) is 16.8. The van der Waals surface area contributed by atoms with E-state index in [0.29, 0.717) is 38.5 Å². The highest BCUT2D eigenvalue weighted by Gasteiger charge is 2.26. The summed E-state index contributed by atoms with van der Waals surface area (Å²) in [7, 11) is 1.58. The average Bonchev–Trinajstić information content (AvgIpc) is 3.17. The van der Waals surface area contributed by atoms with E-state index in [0.717, 1.165) is 18.5 Å². The minimum absolute atomic E-state index is 0.103. The number of aromatic nitrogens is 5. The number of rotatable bonds is 7. The Hall–Kier alpha value is -2.88. The van der Waals surface area contributed by atoms with Gasteiger partial charge in [0, 0.05) is 39.5 Å². The van der Waals surface area contributed by atoms with Crippen molar-refractivity contribution in [2.45, 2.75) is 26.3 Å². The van der Waals surface area contributed by atoms with Gasteiger partial charge in [-0.05, 0) is 25.7 Å². The molecule has 1 saturated heterocycles. The molecule has 0 spiro atoms. The number of carbonyl (C=O) groups excluding carboxylic acids is 2. The van der Waals surface area contributed by atoms with E-state index in [1.165, 1.54) is 6.20 Å². The highest BCUT2D eigenvalue weighted by molar-refractivity contribution is 5.92. The SMILES string of the molecule is COCCNC(=O)c1cn(C[C@@H]2CCCN(C(=O)c3cnc(C)cn3)C2)nn1. The summed E-state index contributed by atoms with van der Waals surface area (Å²) in [6.07, 6.45) is 6.65. The topological polar surface area (TPSA) is 115 Å². The largest absolute Gasteiger partial charge is 0.383 e. The monoisotopic (exact) mass is 387 g/mol. The van der Waals surface area contributed by atoms with Gasteiger partial charge in [0.25, 0.3) is 11.8 Å². The molecule has 0 bridgehead atoms. The highest BCUT2D eigenvalue weighted by Crippen LogP contribution is 2.19. The maximum atomic E-state index is 12.7. The molecule has 1 atom stereocenters. The number of nitrogens with one attached hydrogen (secondary N) is 1. The van der Waals surface area contributed by atoms with Crippen molar-refractivity contribution in [1.82, 2.24) is 35.2 Å². The summed E-state index contributed by atoms with van der Waals surface area (Å²) in [6, 6.07) is 0. The van der Waals surface area contributed by atoms with Crippen LogP contribution in [0.25, 0.3) is 0 Å². The third-order valence-electron chi connectivity index (χ3n) is 4.61. The van der Waals surface area contributed by atoms with E-state index in [2.05, 4.69) is 25.6 Å². The summed E-state index contributed by atoms with van der Waals surface area (Å²) < 4.78 is 6.57. The van der Waals surface area contributed by atoms with Crippen molar-refractivity contribution in [3.63, 3.8) is 0 Å². The lowest BCUT2D eigenvalue weighted by Crippen LogP contribution is -2.41. The summed E-state index contributed by atoms with van der Waals surface area (Å²) in [4.78, 5) is 34.8. The predicted octanol–water partition coefficient (Wildman–Crippen LogP) is 0.305. The number of nitrogens with zero attached hydrogens (tertiary/aromatic N) is 6. The fourth-order valence-corrected chi connectivity index (χ4v) is 3.18. The van der Waals surface area contributed by atoms with Crippen molar-refractivity contribution >= 4 is 11.8 Å². The Balaban J connectivity index is 1.55. The van der Waals surface area contributed by atoms with Gasteiger partial charge in [-0.2, -0.15) is 0 Å². The molecular weight excluding hydrogens is 362 g/mol. The molecule has 3 heterocycles. The number of likely N-dealkylation sites (tertiary alicyclic amines) is 1. The Morgan fingerprint density at radius 3 is 2.89 bits per heavy atom. The van der Waals surface area contributed by atoms with Gasteiger partial charge in [0.15, 0.2) is 5.69 Å². The molecule has 2 aromatic rings. The van der Waals surface area contributed by atoms with Gasteiger partial charge in [-0.25, -0.2) is 4.98 Å². The number of hydrogen-bond donors (Lipinski definition) is 1. The zero-order chi connectivity index (χ0) is 19.9. The van der Waals surface area contributed by atoms with Crippen LogP contribution in [0.5, 0.6) is 0 Å². The second kappa shape index (κ2) is 9.36. The summed E-state index contributed by atoms with van der Waals surface area (Å²) in [5, 5.41) is 10.7. The van der Waals surface area contributed by atoms with Crippen molar-refractivity contribution in [3.05, 3.63) is 35.7 Å². The molecule has 0 radical (unpaired) electrons. The maximum absolute atomic E-state index is 12.7. The van der Waals surface area contributed by atoms with E-state index < -0.39 is 0 Å². The Morgan fingerprint density at radius 2 is 2.14 bits per heavy atom. The Bertz CT molecular complexity index is 806. The maximum Gasteiger partial charge on any atom is 0.274 e. The van der Waals surface area contributed by atoms with Gasteiger partial charge < -0.3 is 15.0 Å². The molecule has 0 aromatic carbocycles. The van der Waals surface area contributed by atoms with Crippen LogP contribution >= 0.6 is 0 Å². The fourth-order valence-electron chi connectivity index (χ4n) is 3.18. The lowest BCUT2D eigenvalue weighted by atomic mass is 9.98. The molecule has 28 heavy (non-hydrogen) atoms. The van der Waals surface area contributed by atoms with Crippen LogP contribution in [0.3, 0.4) is 0 Å². The van der Waals surface area contributed by atoms with Crippen LogP contribution in [0, 0.1) is 12.8 Å². The molecule has 1 aliphatic heterocycles. The number of methoxy groups -OCH3 is 1. The lowest BCUT2D eigenvalue weighted by Gasteiger charge is -2.32. The first kappa shape index (κ1) is 19.9. The van der Waals surface area contributed by atoms with E-state index in [-0.39, 0.29) is 23.4 Å². The second-order valence-electron chi connectivity index (χ2n) is 6.88. The molecule has 1 fully saturated rings. The molecule has 0 aliphatic carbocycles. The minimum atomic E-state index is -0.276. The third-order valence-corrected chi connectivity index (χ3v) is 4.61. The standard InChI is InChI=1S/C18H25N7O3/c1-13-8-21-15(9-20-13)18(27)24-6-3-4-14(10-24)11-25-12-16(22-23-25)17(26)19-5-7-28-2/h8-9,12,14H,3-7,10-11H2,1-2H3,(H,19,26)/t14-/m1/s1. The molecule has 1 aliphatic rings. The minimum Gasteiger partial charge on any atom is -0.383 e. The Labute approximate surface area is 163 Å². The van der Waals surface area contributed by atoms with E-state index in [9.17, 15) is 9.59 Å². The summed E-state index contributed by atoms with van der Waals surface area (Å²) >= 11 is 0. The zero-order valence-corrected chi connectivity index (χ0v) is 16.2. The van der Waals surface area contributed by atoms with Crippen molar-refractivity contribution in [3.8, 4) is 0 Å². The van der Waals surface area contributed by atoms with Crippen LogP contribution in [-0.2, 0) is 11.3 Å². The number of carbonyl (C=O) groups is 2. The summed E-state index contributed by atoms with van der Waals surface area (Å²) in [6.45, 7) is 4.62. The predicted molar refractivity (Wildman–Crippen MR) is 99.6 cm³/mol. The number of hydrogen-bond acceptors (Lipinski definition) is 7. The highest BCUT2D eigenvalue weighted by atomic mass is 16.5. The van der Waals surface area contributed by atoms with Gasteiger partial charge in [0.1, 0.15) is 5.69 Å². The molecule has 0 unspecified atom stereocenters. The van der Waals surface area contributed by atoms with Crippen LogP contribution in [0.2, 0.25) is 0 Å². The van der Waals surface area contributed by atoms with Gasteiger partial charge in [0.2, 0.25) is 0 Å². The lowest BCUT2D eigenvalue weighted by molar-refractivity contribution is 0.0653. The van der Waals surface area contributed by atoms with E-state index >= 15 is 0 Å². The van der Waals surface area contributed by atoms with Crippen molar-refractivity contribution < 1.29 is 14.3 Å². The van der Waals surface area contributed by atoms with Crippen LogP contribution in [0.4, 0.5) is 0 Å². The third kappa shape index (κ3) is 5.10. The molecule has 10 nitrogen and oxygen atoms in total. The molecule has 3 rings (SSSR count). The van der Waals surface area contributed by atoms with Crippen LogP contribution in [-0.4, -0.2) is 75.0 Å². The van der Waals surface area contributed by atoms with E-state index in [1.807, 2.05) is 11.8 Å². The molecule has 10 heteroatoms. The van der Waals surface area contributed by atoms with Gasteiger partial charge >= 0.3 is 0 Å². The van der Waals surface area contributed by atoms with Crippen molar-refractivity contribution in [1.29, 1.82) is 0 Å². The average molecular weight is 387 g/mol. The second-order valence-corrected chi connectivity index (χ2v) is 6.88. The summed E-state index contributed by atoms with van der Waals surface area (Å²) in [5.41, 5.74) is 1.41. The molecule has 0 saturated carbocycles. The molecular formula is C18H25N7O3. The quantitative estimate of drug-likeness (QED) is 0.680. The van der Waals surface area contributed by atoms with Gasteiger partial charge in [-0.3, -0.25) is 19.3 Å². The molecule has 1 N–H and O–H groups in total. The molecule has 150 valence electrons. The van der Waals surface area contributed by atoms with Crippen molar-refractivity contribution in [2.75, 3.05) is 33.4 Å². The Morgan fingerprint density at radius 1 is 1.29 bits per heavy atom. The first-order valence-electron chi connectivity index (χ1n) is 9.32. The molecule has 2 amide bonds. The number of amides is 2. The molecule has 2 aromatic heterocycles. The van der Waals surface area contributed by atoms with Crippen LogP contribution in [0.1, 0.15) is 39.5 Å². The summed E-state index contributed by atoms with van der Waals surface area (Å²) in [5.74, 6) is -0.141. The van der Waals surface area contributed by atoms with Gasteiger partial charge in [-0.15, -0.1) is 5.10 Å². The number of aryl methyl sites for hydroxylation is 1. The zero-order valence-electron chi connectivity index (χ0n) is 16.2. The van der Waals surface area contributed by atoms with Crippen molar-refractivity contribution in [2.24, 2.45) is 5.92 Å². The first-order valence-corrected chi connectivity index (χ1v) is 9.32. The van der Waals surface area contributed by atoms with Gasteiger partial charge in [0.05, 0.1) is 24.7 Å². The first-order chi connectivity index (χ1) is 13.6. The smallest absolute Gasteiger partial charge is 0.274 e. The Kier molecular flexibility index (Phi) is 6.64. The van der Waals surface area contributed by atoms with Crippen LogP contribution in [0.15, 0.2) is 18.6 Å². The number of ether oxygens (including phenoxy) is 1. The number of piperidine rings is 1. The van der Waals surface area contributed by atoms with Gasteiger partial charge in [-0.1, -0.05) is 5.21 Å².